The van der Waals surface area contributed by atoms with Gasteiger partial charge in [0.15, 0.2) is 17.2 Å². The van der Waals surface area contributed by atoms with Crippen LogP contribution in [0.4, 0.5) is 10.5 Å². The molecular formula is C22H17N5O4. The maximum atomic E-state index is 11.5. The number of hydrogen-bond donors (Lipinski definition) is 2. The molecule has 3 aromatic heterocycles. The van der Waals surface area contributed by atoms with E-state index in [0.717, 1.165) is 24.1 Å². The van der Waals surface area contributed by atoms with E-state index in [0.29, 0.717) is 51.8 Å². The Labute approximate surface area is 176 Å². The smallest absolute Gasteiger partial charge is 0.316 e. The minimum atomic E-state index is -0.684. The van der Waals surface area contributed by atoms with Gasteiger partial charge in [-0.25, -0.2) is 4.79 Å². The van der Waals surface area contributed by atoms with Gasteiger partial charge in [-0.1, -0.05) is 10.3 Å². The van der Waals surface area contributed by atoms with Crippen molar-refractivity contribution in [2.24, 2.45) is 5.73 Å². The number of nitrogens with one attached hydrogen (secondary N) is 1. The Morgan fingerprint density at radius 3 is 2.68 bits per heavy atom. The molecule has 3 heterocycles. The molecule has 0 spiro atoms. The third-order valence-corrected chi connectivity index (χ3v) is 5.83. The molecule has 9 heteroatoms. The van der Waals surface area contributed by atoms with Gasteiger partial charge in [0.05, 0.1) is 11.4 Å². The summed E-state index contributed by atoms with van der Waals surface area (Å²) in [5.41, 5.74) is 9.16. The molecule has 31 heavy (non-hydrogen) atoms. The van der Waals surface area contributed by atoms with Gasteiger partial charge in [-0.15, -0.1) is 0 Å². The normalized spacial score (nSPS) is 18.3. The van der Waals surface area contributed by atoms with Crippen molar-refractivity contribution in [3.05, 3.63) is 60.0 Å². The number of nitrogens with zero attached hydrogens (tertiary/aromatic N) is 3. The van der Waals surface area contributed by atoms with Crippen LogP contribution in [0.2, 0.25) is 0 Å². The molecular weight excluding hydrogens is 398 g/mol. The molecule has 1 saturated carbocycles. The number of nitrogens with two attached hydrogens (primary N) is 1. The molecule has 0 saturated heterocycles. The number of urea groups is 1. The van der Waals surface area contributed by atoms with Gasteiger partial charge in [-0.05, 0) is 49.1 Å². The Hall–Kier alpha value is -4.14. The summed E-state index contributed by atoms with van der Waals surface area (Å²) in [5.74, 6) is 3.28. The quantitative estimate of drug-likeness (QED) is 0.485. The number of hydrogen-bond acceptors (Lipinski definition) is 7. The van der Waals surface area contributed by atoms with E-state index in [-0.39, 0.29) is 0 Å². The van der Waals surface area contributed by atoms with Crippen LogP contribution in [0.5, 0.6) is 11.5 Å². The van der Waals surface area contributed by atoms with Crippen molar-refractivity contribution in [1.82, 2.24) is 15.3 Å². The SMILES string of the molecule is NC(=O)Nc1ccc(Oc2ccncc2)cc1-c1cc(-c2onc3c2C2CC3C2)no1. The van der Waals surface area contributed by atoms with Crippen LogP contribution in [0.1, 0.15) is 35.9 Å². The highest BCUT2D eigenvalue weighted by Crippen LogP contribution is 2.59. The zero-order chi connectivity index (χ0) is 20.9. The van der Waals surface area contributed by atoms with Crippen molar-refractivity contribution in [3.8, 4) is 34.3 Å². The number of ether oxygens (including phenoxy) is 1. The van der Waals surface area contributed by atoms with E-state index in [9.17, 15) is 4.79 Å². The number of aromatic nitrogens is 3. The summed E-state index contributed by atoms with van der Waals surface area (Å²) in [7, 11) is 0. The molecule has 3 N–H and O–H groups in total. The summed E-state index contributed by atoms with van der Waals surface area (Å²) >= 11 is 0. The molecule has 1 fully saturated rings. The number of carbonyl (C=O) groups excluding carboxylic acids is 1. The lowest BCUT2D eigenvalue weighted by Crippen LogP contribution is -2.19. The largest absolute Gasteiger partial charge is 0.457 e. The van der Waals surface area contributed by atoms with Crippen LogP contribution in [0.15, 0.2) is 57.8 Å². The molecule has 2 bridgehead atoms. The molecule has 7 rings (SSSR count). The highest BCUT2D eigenvalue weighted by Gasteiger charge is 2.47. The van der Waals surface area contributed by atoms with Gasteiger partial charge in [0, 0.05) is 35.5 Å². The van der Waals surface area contributed by atoms with E-state index < -0.39 is 6.03 Å². The Morgan fingerprint density at radius 1 is 1.03 bits per heavy atom. The zero-order valence-corrected chi connectivity index (χ0v) is 16.2. The predicted octanol–water partition coefficient (Wildman–Crippen LogP) is 4.65. The highest BCUT2D eigenvalue weighted by molar-refractivity contribution is 5.93. The van der Waals surface area contributed by atoms with E-state index in [1.807, 2.05) is 0 Å². The van der Waals surface area contributed by atoms with Crippen LogP contribution >= 0.6 is 0 Å². The fraction of sp³-hybridized carbons (Fsp3) is 0.182. The van der Waals surface area contributed by atoms with E-state index in [1.165, 1.54) is 0 Å². The molecule has 3 aliphatic carbocycles. The Balaban J connectivity index is 1.37. The van der Waals surface area contributed by atoms with Crippen molar-refractivity contribution >= 4 is 11.7 Å². The van der Waals surface area contributed by atoms with Gasteiger partial charge in [0.25, 0.3) is 0 Å². The molecule has 1 aromatic carbocycles. The average molecular weight is 415 g/mol. The first-order valence-electron chi connectivity index (χ1n) is 9.91. The van der Waals surface area contributed by atoms with Crippen LogP contribution < -0.4 is 15.8 Å². The summed E-state index contributed by atoms with van der Waals surface area (Å²) in [5, 5.41) is 11.1. The number of rotatable bonds is 5. The van der Waals surface area contributed by atoms with E-state index in [1.54, 1.807) is 48.8 Å². The lowest BCUT2D eigenvalue weighted by molar-refractivity contribution is 0.259. The third-order valence-electron chi connectivity index (χ3n) is 5.83. The summed E-state index contributed by atoms with van der Waals surface area (Å²) in [6, 6.07) is 9.75. The number of amides is 2. The van der Waals surface area contributed by atoms with E-state index >= 15 is 0 Å². The summed E-state index contributed by atoms with van der Waals surface area (Å²) in [6.07, 6.45) is 5.55. The van der Waals surface area contributed by atoms with Gasteiger partial charge in [0.2, 0.25) is 0 Å². The molecule has 0 atom stereocenters. The highest BCUT2D eigenvalue weighted by atomic mass is 16.5. The van der Waals surface area contributed by atoms with Gasteiger partial charge in [-0.2, -0.15) is 0 Å². The first-order valence-corrected chi connectivity index (χ1v) is 9.91. The topological polar surface area (TPSA) is 129 Å². The van der Waals surface area contributed by atoms with Crippen LogP contribution in [0, 0.1) is 0 Å². The molecule has 3 aliphatic rings. The Kier molecular flexibility index (Phi) is 3.82. The van der Waals surface area contributed by atoms with Crippen LogP contribution in [0.3, 0.4) is 0 Å². The van der Waals surface area contributed by atoms with Crippen molar-refractivity contribution < 1.29 is 18.6 Å². The van der Waals surface area contributed by atoms with Crippen molar-refractivity contribution in [2.75, 3.05) is 5.32 Å². The lowest BCUT2D eigenvalue weighted by Gasteiger charge is -2.22. The van der Waals surface area contributed by atoms with E-state index in [2.05, 4.69) is 20.6 Å². The van der Waals surface area contributed by atoms with Crippen molar-refractivity contribution in [1.29, 1.82) is 0 Å². The van der Waals surface area contributed by atoms with Crippen LogP contribution in [-0.2, 0) is 0 Å². The summed E-state index contributed by atoms with van der Waals surface area (Å²) in [6.45, 7) is 0. The Morgan fingerprint density at radius 2 is 1.87 bits per heavy atom. The molecule has 154 valence electrons. The fourth-order valence-corrected chi connectivity index (χ4v) is 4.34. The number of pyridine rings is 1. The third kappa shape index (κ3) is 2.93. The summed E-state index contributed by atoms with van der Waals surface area (Å²) < 4.78 is 17.1. The number of anilines is 1. The van der Waals surface area contributed by atoms with Crippen LogP contribution in [0.25, 0.3) is 22.8 Å². The molecule has 0 unspecified atom stereocenters. The van der Waals surface area contributed by atoms with Gasteiger partial charge >= 0.3 is 6.03 Å². The molecule has 4 aromatic rings. The maximum Gasteiger partial charge on any atom is 0.316 e. The lowest BCUT2D eigenvalue weighted by atomic mass is 9.82. The van der Waals surface area contributed by atoms with Gasteiger partial charge in [-0.3, -0.25) is 4.98 Å². The van der Waals surface area contributed by atoms with Crippen molar-refractivity contribution in [3.63, 3.8) is 0 Å². The average Bonchev–Trinajstić information content (AvgIpc) is 3.48. The first-order chi connectivity index (χ1) is 15.2. The zero-order valence-electron chi connectivity index (χ0n) is 16.2. The van der Waals surface area contributed by atoms with Crippen molar-refractivity contribution in [2.45, 2.75) is 24.7 Å². The monoisotopic (exact) mass is 415 g/mol. The minimum absolute atomic E-state index is 0.439. The molecule has 0 aliphatic heterocycles. The predicted molar refractivity (Wildman–Crippen MR) is 110 cm³/mol. The van der Waals surface area contributed by atoms with E-state index in [4.69, 9.17) is 19.5 Å². The maximum absolute atomic E-state index is 11.5. The number of benzene rings is 1. The van der Waals surface area contributed by atoms with Crippen LogP contribution in [-0.4, -0.2) is 21.3 Å². The Bertz CT molecular complexity index is 1290. The number of carbonyl (C=O) groups is 1. The number of primary amides is 1. The van der Waals surface area contributed by atoms with Gasteiger partial charge < -0.3 is 24.8 Å². The van der Waals surface area contributed by atoms with Gasteiger partial charge in [0.1, 0.15) is 11.5 Å². The standard InChI is InChI=1S/C22H17N5O4/c23-22(28)25-16-2-1-14(29-13-3-5-24-6-4-13)9-15(16)18-10-17(26-30-18)21-19-11-7-12(8-11)20(19)27-31-21/h1-6,9-12H,7-8H2,(H3,23,25,28). The molecule has 9 nitrogen and oxygen atoms in total. The summed E-state index contributed by atoms with van der Waals surface area (Å²) in [4.78, 5) is 15.5. The molecule has 0 radical (unpaired) electrons. The minimum Gasteiger partial charge on any atom is -0.457 e. The second kappa shape index (κ2) is 6.69. The second-order valence-electron chi connectivity index (χ2n) is 7.73. The second-order valence-corrected chi connectivity index (χ2v) is 7.73. The molecule has 2 amide bonds. The fourth-order valence-electron chi connectivity index (χ4n) is 4.34. The first kappa shape index (κ1) is 17.7.